The Morgan fingerprint density at radius 1 is 1.67 bits per heavy atom. The van der Waals surface area contributed by atoms with E-state index >= 15 is 0 Å². The van der Waals surface area contributed by atoms with Gasteiger partial charge in [-0.05, 0) is 6.92 Å². The normalized spacial score (nSPS) is 10.3. The van der Waals surface area contributed by atoms with Crippen LogP contribution < -0.4 is 5.32 Å². The molecule has 0 atom stereocenters. The summed E-state index contributed by atoms with van der Waals surface area (Å²) in [6, 6.07) is 0. The zero-order valence-corrected chi connectivity index (χ0v) is 9.41. The van der Waals surface area contributed by atoms with Crippen LogP contribution in [0.25, 0.3) is 0 Å². The fraction of sp³-hybridized carbons (Fsp3) is 0.600. The quantitative estimate of drug-likeness (QED) is 0.565. The Morgan fingerprint density at radius 2 is 2.40 bits per heavy atom. The lowest BCUT2D eigenvalue weighted by Gasteiger charge is -2.03. The highest BCUT2D eigenvalue weighted by atomic mass is 16.5. The smallest absolute Gasteiger partial charge is 0.306 e. The van der Waals surface area contributed by atoms with Crippen molar-refractivity contribution in [3.05, 3.63) is 17.5 Å². The van der Waals surface area contributed by atoms with E-state index < -0.39 is 0 Å². The number of methoxy groups -OCH3 is 1. The number of hydrogen-bond donors (Lipinski definition) is 1. The van der Waals surface area contributed by atoms with Gasteiger partial charge in [-0.2, -0.15) is 5.10 Å². The summed E-state index contributed by atoms with van der Waals surface area (Å²) in [5.41, 5.74) is 2.29. The van der Waals surface area contributed by atoms with Crippen LogP contribution >= 0.6 is 0 Å². The predicted molar refractivity (Wildman–Crippen MR) is 56.3 cm³/mol. The van der Waals surface area contributed by atoms with Crippen LogP contribution in [0.1, 0.15) is 17.7 Å². The van der Waals surface area contributed by atoms with Gasteiger partial charge in [0.2, 0.25) is 0 Å². The molecule has 5 heteroatoms. The Hall–Kier alpha value is -1.36. The molecule has 1 aromatic rings. The second kappa shape index (κ2) is 5.50. The highest BCUT2D eigenvalue weighted by Gasteiger charge is 2.03. The molecule has 1 rings (SSSR count). The summed E-state index contributed by atoms with van der Waals surface area (Å²) in [6.45, 7) is 3.38. The molecule has 0 aliphatic heterocycles. The zero-order valence-electron chi connectivity index (χ0n) is 9.41. The third kappa shape index (κ3) is 3.36. The number of ether oxygens (including phenoxy) is 1. The first-order valence-corrected chi connectivity index (χ1v) is 4.90. The van der Waals surface area contributed by atoms with Gasteiger partial charge in [0.05, 0.1) is 19.7 Å². The first kappa shape index (κ1) is 11.7. The molecule has 5 nitrogen and oxygen atoms in total. The van der Waals surface area contributed by atoms with Crippen molar-refractivity contribution in [2.45, 2.75) is 19.9 Å². The second-order valence-electron chi connectivity index (χ2n) is 3.38. The van der Waals surface area contributed by atoms with E-state index in [0.29, 0.717) is 13.0 Å². The van der Waals surface area contributed by atoms with E-state index in [-0.39, 0.29) is 5.97 Å². The summed E-state index contributed by atoms with van der Waals surface area (Å²) in [5, 5.41) is 7.30. The standard InChI is InChI=1S/C10H17N3O2/c1-8-9(7-12-13(8)2)6-11-5-4-10(14)15-3/h7,11H,4-6H2,1-3H3. The van der Waals surface area contributed by atoms with Crippen molar-refractivity contribution in [3.63, 3.8) is 0 Å². The minimum Gasteiger partial charge on any atom is -0.469 e. The molecule has 0 bridgehead atoms. The number of hydrogen-bond acceptors (Lipinski definition) is 4. The number of carbonyl (C=O) groups is 1. The molecule has 84 valence electrons. The lowest BCUT2D eigenvalue weighted by atomic mass is 10.2. The second-order valence-corrected chi connectivity index (χ2v) is 3.38. The lowest BCUT2D eigenvalue weighted by Crippen LogP contribution is -2.18. The molecule has 1 heterocycles. The first-order valence-electron chi connectivity index (χ1n) is 4.90. The van der Waals surface area contributed by atoms with Crippen molar-refractivity contribution in [1.29, 1.82) is 0 Å². The van der Waals surface area contributed by atoms with Crippen molar-refractivity contribution in [2.24, 2.45) is 7.05 Å². The van der Waals surface area contributed by atoms with Gasteiger partial charge >= 0.3 is 5.97 Å². The maximum Gasteiger partial charge on any atom is 0.306 e. The molecule has 0 aromatic carbocycles. The molecule has 0 saturated heterocycles. The van der Waals surface area contributed by atoms with Crippen LogP contribution in [0, 0.1) is 6.92 Å². The number of aryl methyl sites for hydroxylation is 1. The third-order valence-corrected chi connectivity index (χ3v) is 2.39. The van der Waals surface area contributed by atoms with Crippen molar-refractivity contribution >= 4 is 5.97 Å². The first-order chi connectivity index (χ1) is 7.15. The fourth-order valence-electron chi connectivity index (χ4n) is 1.23. The van der Waals surface area contributed by atoms with E-state index in [2.05, 4.69) is 15.2 Å². The maximum absolute atomic E-state index is 10.8. The van der Waals surface area contributed by atoms with Gasteiger partial charge in [0.25, 0.3) is 0 Å². The lowest BCUT2D eigenvalue weighted by molar-refractivity contribution is -0.140. The largest absolute Gasteiger partial charge is 0.469 e. The van der Waals surface area contributed by atoms with Gasteiger partial charge in [-0.1, -0.05) is 0 Å². The minimum absolute atomic E-state index is 0.189. The Bertz CT molecular complexity index is 333. The average Bonchev–Trinajstić information content (AvgIpc) is 2.55. The summed E-state index contributed by atoms with van der Waals surface area (Å²) in [7, 11) is 3.31. The molecule has 0 saturated carbocycles. The van der Waals surface area contributed by atoms with Gasteiger partial charge in [-0.25, -0.2) is 0 Å². The molecule has 0 amide bonds. The highest BCUT2D eigenvalue weighted by molar-refractivity contribution is 5.69. The molecule has 0 aliphatic carbocycles. The summed E-state index contributed by atoms with van der Waals surface area (Å²) >= 11 is 0. The van der Waals surface area contributed by atoms with Crippen LogP contribution in [-0.4, -0.2) is 29.4 Å². The topological polar surface area (TPSA) is 56.1 Å². The predicted octanol–water partition coefficient (Wildman–Crippen LogP) is 0.381. The van der Waals surface area contributed by atoms with E-state index in [1.54, 1.807) is 0 Å². The minimum atomic E-state index is -0.189. The number of aromatic nitrogens is 2. The van der Waals surface area contributed by atoms with E-state index in [0.717, 1.165) is 17.8 Å². The van der Waals surface area contributed by atoms with Gasteiger partial charge in [0, 0.05) is 31.4 Å². The SMILES string of the molecule is COC(=O)CCNCc1cnn(C)c1C. The highest BCUT2D eigenvalue weighted by Crippen LogP contribution is 2.04. The van der Waals surface area contributed by atoms with Crippen LogP contribution in [0.3, 0.4) is 0 Å². The fourth-order valence-corrected chi connectivity index (χ4v) is 1.23. The van der Waals surface area contributed by atoms with Crippen LogP contribution in [-0.2, 0) is 23.1 Å². The van der Waals surface area contributed by atoms with Crippen molar-refractivity contribution in [2.75, 3.05) is 13.7 Å². The van der Waals surface area contributed by atoms with Crippen LogP contribution in [0.4, 0.5) is 0 Å². The third-order valence-electron chi connectivity index (χ3n) is 2.39. The van der Waals surface area contributed by atoms with Crippen LogP contribution in [0.15, 0.2) is 6.20 Å². The molecule has 0 spiro atoms. The Morgan fingerprint density at radius 3 is 2.93 bits per heavy atom. The van der Waals surface area contributed by atoms with Gasteiger partial charge in [0.1, 0.15) is 0 Å². The summed E-state index contributed by atoms with van der Waals surface area (Å²) < 4.78 is 6.37. The van der Waals surface area contributed by atoms with E-state index in [4.69, 9.17) is 0 Å². The van der Waals surface area contributed by atoms with Gasteiger partial charge in [0.15, 0.2) is 0 Å². The van der Waals surface area contributed by atoms with Crippen LogP contribution in [0.2, 0.25) is 0 Å². The van der Waals surface area contributed by atoms with Crippen molar-refractivity contribution in [3.8, 4) is 0 Å². The summed E-state index contributed by atoms with van der Waals surface area (Å²) in [5.74, 6) is -0.189. The van der Waals surface area contributed by atoms with E-state index in [9.17, 15) is 4.79 Å². The maximum atomic E-state index is 10.8. The molecule has 0 aliphatic rings. The van der Waals surface area contributed by atoms with Crippen molar-refractivity contribution in [1.82, 2.24) is 15.1 Å². The number of esters is 1. The molecule has 15 heavy (non-hydrogen) atoms. The van der Waals surface area contributed by atoms with E-state index in [1.165, 1.54) is 7.11 Å². The molecular formula is C10H17N3O2. The molecular weight excluding hydrogens is 194 g/mol. The van der Waals surface area contributed by atoms with Crippen molar-refractivity contribution < 1.29 is 9.53 Å². The van der Waals surface area contributed by atoms with Crippen LogP contribution in [0.5, 0.6) is 0 Å². The average molecular weight is 211 g/mol. The number of rotatable bonds is 5. The summed E-state index contributed by atoms with van der Waals surface area (Å²) in [4.78, 5) is 10.8. The Balaban J connectivity index is 2.26. The number of carbonyl (C=O) groups excluding carboxylic acids is 1. The molecule has 1 N–H and O–H groups in total. The number of nitrogens with zero attached hydrogens (tertiary/aromatic N) is 2. The van der Waals surface area contributed by atoms with E-state index in [1.807, 2.05) is 24.9 Å². The zero-order chi connectivity index (χ0) is 11.3. The molecule has 0 fully saturated rings. The van der Waals surface area contributed by atoms with Gasteiger partial charge < -0.3 is 10.1 Å². The summed E-state index contributed by atoms with van der Waals surface area (Å²) in [6.07, 6.45) is 2.23. The molecule has 0 radical (unpaired) electrons. The van der Waals surface area contributed by atoms with Gasteiger partial charge in [-0.15, -0.1) is 0 Å². The number of nitrogens with one attached hydrogen (secondary N) is 1. The molecule has 1 aromatic heterocycles. The van der Waals surface area contributed by atoms with Gasteiger partial charge in [-0.3, -0.25) is 9.48 Å². The molecule has 0 unspecified atom stereocenters. The Kier molecular flexibility index (Phi) is 4.30. The Labute approximate surface area is 89.4 Å². The monoisotopic (exact) mass is 211 g/mol.